The topological polar surface area (TPSA) is 26.3 Å². The second-order valence-corrected chi connectivity index (χ2v) is 5.95. The average Bonchev–Trinajstić information content (AvgIpc) is 2.48. The van der Waals surface area contributed by atoms with Crippen LogP contribution in [0.15, 0.2) is 30.3 Å². The summed E-state index contributed by atoms with van der Waals surface area (Å²) in [5.41, 5.74) is 1.22. The number of ketones is 1. The van der Waals surface area contributed by atoms with E-state index in [2.05, 4.69) is 19.1 Å². The fourth-order valence-corrected chi connectivity index (χ4v) is 2.91. The molecule has 2 heteroatoms. The van der Waals surface area contributed by atoms with Gasteiger partial charge >= 0.3 is 0 Å². The molecule has 2 atom stereocenters. The van der Waals surface area contributed by atoms with Crippen LogP contribution < -0.4 is 0 Å². The highest BCUT2D eigenvalue weighted by Gasteiger charge is 2.21. The smallest absolute Gasteiger partial charge is 0.135 e. The van der Waals surface area contributed by atoms with Crippen LogP contribution in [0.2, 0.25) is 0 Å². The van der Waals surface area contributed by atoms with E-state index in [0.717, 1.165) is 38.5 Å². The standard InChI is InChI=1S/C18H26O2/c1-15(20-14-16-9-3-2-4-10-16)8-7-12-17-11-5-6-13-18(17)19/h2-4,9-10,15,17H,5-8,11-14H2,1H3. The summed E-state index contributed by atoms with van der Waals surface area (Å²) in [6.07, 6.45) is 7.74. The fraction of sp³-hybridized carbons (Fsp3) is 0.611. The van der Waals surface area contributed by atoms with E-state index in [4.69, 9.17) is 4.74 Å². The predicted molar refractivity (Wildman–Crippen MR) is 81.5 cm³/mol. The maximum atomic E-state index is 11.7. The van der Waals surface area contributed by atoms with Crippen LogP contribution in [0.3, 0.4) is 0 Å². The molecule has 2 nitrogen and oxygen atoms in total. The Bertz CT molecular complexity index is 399. The lowest BCUT2D eigenvalue weighted by Crippen LogP contribution is -2.19. The van der Waals surface area contributed by atoms with E-state index in [1.54, 1.807) is 0 Å². The highest BCUT2D eigenvalue weighted by Crippen LogP contribution is 2.25. The van der Waals surface area contributed by atoms with Gasteiger partial charge in [-0.3, -0.25) is 4.79 Å². The van der Waals surface area contributed by atoms with Crippen molar-refractivity contribution in [2.75, 3.05) is 0 Å². The average molecular weight is 274 g/mol. The summed E-state index contributed by atoms with van der Waals surface area (Å²) >= 11 is 0. The van der Waals surface area contributed by atoms with Crippen LogP contribution in [-0.2, 0) is 16.1 Å². The molecule has 2 rings (SSSR count). The Morgan fingerprint density at radius 3 is 2.80 bits per heavy atom. The number of carbonyl (C=O) groups is 1. The Morgan fingerprint density at radius 2 is 2.05 bits per heavy atom. The molecule has 2 unspecified atom stereocenters. The number of benzene rings is 1. The van der Waals surface area contributed by atoms with Crippen molar-refractivity contribution in [1.82, 2.24) is 0 Å². The van der Waals surface area contributed by atoms with E-state index in [0.29, 0.717) is 18.3 Å². The third kappa shape index (κ3) is 5.09. The molecule has 1 aliphatic carbocycles. The highest BCUT2D eigenvalue weighted by atomic mass is 16.5. The lowest BCUT2D eigenvalue weighted by atomic mass is 9.84. The van der Waals surface area contributed by atoms with Gasteiger partial charge in [0.25, 0.3) is 0 Å². The number of ether oxygens (including phenoxy) is 1. The van der Waals surface area contributed by atoms with Gasteiger partial charge in [-0.2, -0.15) is 0 Å². The minimum absolute atomic E-state index is 0.272. The predicted octanol–water partition coefficient (Wildman–Crippen LogP) is 4.52. The summed E-state index contributed by atoms with van der Waals surface area (Å²) in [5.74, 6) is 0.833. The Balaban J connectivity index is 1.60. The zero-order valence-corrected chi connectivity index (χ0v) is 12.5. The maximum absolute atomic E-state index is 11.7. The van der Waals surface area contributed by atoms with Gasteiger partial charge in [-0.15, -0.1) is 0 Å². The Kier molecular flexibility index (Phi) is 6.25. The molecule has 0 radical (unpaired) electrons. The van der Waals surface area contributed by atoms with Crippen LogP contribution in [0, 0.1) is 5.92 Å². The number of hydrogen-bond donors (Lipinski definition) is 0. The minimum atomic E-state index is 0.272. The molecule has 0 saturated heterocycles. The molecule has 20 heavy (non-hydrogen) atoms. The summed E-state index contributed by atoms with van der Waals surface area (Å²) in [6, 6.07) is 10.3. The molecule has 110 valence electrons. The van der Waals surface area contributed by atoms with Gasteiger partial charge in [0.05, 0.1) is 12.7 Å². The summed E-state index contributed by atoms with van der Waals surface area (Å²) in [7, 11) is 0. The van der Waals surface area contributed by atoms with Gasteiger partial charge in [-0.25, -0.2) is 0 Å². The SMILES string of the molecule is CC(CCCC1CCCCC1=O)OCc1ccccc1. The fourth-order valence-electron chi connectivity index (χ4n) is 2.91. The molecular formula is C18H26O2. The molecule has 1 aromatic carbocycles. The van der Waals surface area contributed by atoms with Crippen molar-refractivity contribution in [3.05, 3.63) is 35.9 Å². The summed E-state index contributed by atoms with van der Waals surface area (Å²) in [6.45, 7) is 2.82. The second-order valence-electron chi connectivity index (χ2n) is 5.95. The number of carbonyl (C=O) groups excluding carboxylic acids is 1. The molecule has 1 aromatic rings. The van der Waals surface area contributed by atoms with Gasteiger partial charge in [0.15, 0.2) is 0 Å². The number of Topliss-reactive ketones (excluding diaryl/α,β-unsaturated/α-hetero) is 1. The number of rotatable bonds is 7. The normalized spacial score (nSPS) is 20.9. The van der Waals surface area contributed by atoms with Crippen molar-refractivity contribution in [3.8, 4) is 0 Å². The minimum Gasteiger partial charge on any atom is -0.374 e. The van der Waals surface area contributed by atoms with Crippen LogP contribution >= 0.6 is 0 Å². The largest absolute Gasteiger partial charge is 0.374 e. The van der Waals surface area contributed by atoms with E-state index >= 15 is 0 Å². The molecular weight excluding hydrogens is 248 g/mol. The summed E-state index contributed by atoms with van der Waals surface area (Å²) in [5, 5.41) is 0. The van der Waals surface area contributed by atoms with Crippen molar-refractivity contribution < 1.29 is 9.53 Å². The molecule has 0 heterocycles. The summed E-state index contributed by atoms with van der Waals surface area (Å²) < 4.78 is 5.86. The van der Waals surface area contributed by atoms with Crippen molar-refractivity contribution >= 4 is 5.78 Å². The van der Waals surface area contributed by atoms with E-state index < -0.39 is 0 Å². The molecule has 0 aromatic heterocycles. The molecule has 0 spiro atoms. The van der Waals surface area contributed by atoms with Crippen molar-refractivity contribution in [2.24, 2.45) is 5.92 Å². The molecule has 0 aliphatic heterocycles. The molecule has 0 bridgehead atoms. The van der Waals surface area contributed by atoms with E-state index in [1.807, 2.05) is 18.2 Å². The van der Waals surface area contributed by atoms with Gasteiger partial charge in [-0.05, 0) is 38.2 Å². The first-order valence-electron chi connectivity index (χ1n) is 7.94. The first kappa shape index (κ1) is 15.2. The van der Waals surface area contributed by atoms with Gasteiger partial charge < -0.3 is 4.74 Å². The monoisotopic (exact) mass is 274 g/mol. The maximum Gasteiger partial charge on any atom is 0.135 e. The van der Waals surface area contributed by atoms with Gasteiger partial charge in [-0.1, -0.05) is 43.2 Å². The van der Waals surface area contributed by atoms with Gasteiger partial charge in [0, 0.05) is 12.3 Å². The summed E-state index contributed by atoms with van der Waals surface area (Å²) in [4.78, 5) is 11.7. The van der Waals surface area contributed by atoms with Gasteiger partial charge in [0.2, 0.25) is 0 Å². The molecule has 1 aliphatic rings. The first-order chi connectivity index (χ1) is 9.75. The van der Waals surface area contributed by atoms with Crippen molar-refractivity contribution in [1.29, 1.82) is 0 Å². The van der Waals surface area contributed by atoms with Crippen LogP contribution in [0.5, 0.6) is 0 Å². The van der Waals surface area contributed by atoms with E-state index in [1.165, 1.54) is 12.0 Å². The Morgan fingerprint density at radius 1 is 1.25 bits per heavy atom. The van der Waals surface area contributed by atoms with Crippen LogP contribution in [-0.4, -0.2) is 11.9 Å². The Hall–Kier alpha value is -1.15. The third-order valence-electron chi connectivity index (χ3n) is 4.22. The van der Waals surface area contributed by atoms with Crippen LogP contribution in [0.1, 0.15) is 57.4 Å². The molecule has 1 saturated carbocycles. The van der Waals surface area contributed by atoms with Gasteiger partial charge in [0.1, 0.15) is 5.78 Å². The molecule has 0 N–H and O–H groups in total. The zero-order chi connectivity index (χ0) is 14.2. The third-order valence-corrected chi connectivity index (χ3v) is 4.22. The van der Waals surface area contributed by atoms with E-state index in [-0.39, 0.29) is 6.10 Å². The lowest BCUT2D eigenvalue weighted by Gasteiger charge is -2.21. The quantitative estimate of drug-likeness (QED) is 0.730. The number of hydrogen-bond acceptors (Lipinski definition) is 2. The first-order valence-corrected chi connectivity index (χ1v) is 7.94. The van der Waals surface area contributed by atoms with E-state index in [9.17, 15) is 4.79 Å². The second kappa shape index (κ2) is 8.21. The van der Waals surface area contributed by atoms with Crippen molar-refractivity contribution in [3.63, 3.8) is 0 Å². The highest BCUT2D eigenvalue weighted by molar-refractivity contribution is 5.81. The van der Waals surface area contributed by atoms with Crippen LogP contribution in [0.25, 0.3) is 0 Å². The molecule has 1 fully saturated rings. The Labute approximate surface area is 122 Å². The van der Waals surface area contributed by atoms with Crippen LogP contribution in [0.4, 0.5) is 0 Å². The lowest BCUT2D eigenvalue weighted by molar-refractivity contribution is -0.124. The molecule has 0 amide bonds. The zero-order valence-electron chi connectivity index (χ0n) is 12.5. The van der Waals surface area contributed by atoms with Crippen molar-refractivity contribution in [2.45, 2.75) is 64.6 Å².